The average Bonchev–Trinajstić information content (AvgIpc) is 2.87. The Morgan fingerprint density at radius 1 is 0.500 bits per heavy atom. The molecule has 104 valence electrons. The molecule has 0 N–H and O–H groups in total. The van der Waals surface area contributed by atoms with Crippen molar-refractivity contribution in [2.75, 3.05) is 0 Å². The number of hydrogen-bond donors (Lipinski definition) is 0. The van der Waals surface area contributed by atoms with Crippen molar-refractivity contribution in [3.05, 3.63) is 0 Å². The quantitative estimate of drug-likeness (QED) is 0.615. The topological polar surface area (TPSA) is 0 Å². The summed E-state index contributed by atoms with van der Waals surface area (Å²) < 4.78 is 0. The summed E-state index contributed by atoms with van der Waals surface area (Å²) in [5, 5.41) is 0. The summed E-state index contributed by atoms with van der Waals surface area (Å²) in [4.78, 5) is 0. The summed E-state index contributed by atoms with van der Waals surface area (Å²) in [5.74, 6) is 8.43. The van der Waals surface area contributed by atoms with Gasteiger partial charge in [0.1, 0.15) is 0 Å². The number of hydrogen-bond acceptors (Lipinski definition) is 0. The van der Waals surface area contributed by atoms with Gasteiger partial charge in [0.05, 0.1) is 0 Å². The Balaban J connectivity index is 1.63. The molecule has 0 aliphatic heterocycles. The molecule has 18 heavy (non-hydrogen) atoms. The van der Waals surface area contributed by atoms with Gasteiger partial charge in [0.2, 0.25) is 0 Å². The third-order valence-corrected chi connectivity index (χ3v) is 6.85. The molecular weight excluding hydrogens is 216 g/mol. The van der Waals surface area contributed by atoms with Crippen LogP contribution >= 0.6 is 0 Å². The molecule has 0 saturated heterocycles. The molecule has 0 spiro atoms. The van der Waals surface area contributed by atoms with Crippen LogP contribution in [0.25, 0.3) is 0 Å². The minimum Gasteiger partial charge on any atom is -0.0625 e. The van der Waals surface area contributed by atoms with Crippen LogP contribution in [-0.4, -0.2) is 0 Å². The molecule has 0 bridgehead atoms. The molecule has 3 fully saturated rings. The molecule has 3 rings (SSSR count). The zero-order chi connectivity index (χ0) is 12.9. The molecule has 0 heteroatoms. The van der Waals surface area contributed by atoms with E-state index in [1.54, 1.807) is 38.5 Å². The van der Waals surface area contributed by atoms with Gasteiger partial charge in [-0.2, -0.15) is 0 Å². The molecule has 3 saturated carbocycles. The van der Waals surface area contributed by atoms with Gasteiger partial charge in [-0.05, 0) is 85.9 Å². The van der Waals surface area contributed by atoms with E-state index in [2.05, 4.69) is 27.7 Å². The van der Waals surface area contributed by atoms with Crippen molar-refractivity contribution in [2.45, 2.75) is 66.2 Å². The molecule has 4 atom stereocenters. The molecule has 0 nitrogen and oxygen atoms in total. The van der Waals surface area contributed by atoms with Crippen molar-refractivity contribution in [3.8, 4) is 0 Å². The van der Waals surface area contributed by atoms with Gasteiger partial charge in [0.15, 0.2) is 0 Å². The Bertz CT molecular complexity index is 240. The van der Waals surface area contributed by atoms with Gasteiger partial charge in [0, 0.05) is 0 Å². The first-order valence-electron chi connectivity index (χ1n) is 8.54. The Morgan fingerprint density at radius 2 is 0.778 bits per heavy atom. The van der Waals surface area contributed by atoms with E-state index in [9.17, 15) is 0 Å². The van der Waals surface area contributed by atoms with E-state index >= 15 is 0 Å². The predicted octanol–water partition coefficient (Wildman–Crippen LogP) is 5.38. The normalized spacial score (nSPS) is 47.7. The molecule has 0 amide bonds. The summed E-state index contributed by atoms with van der Waals surface area (Å²) in [6, 6.07) is 0. The molecule has 0 radical (unpaired) electrons. The maximum absolute atomic E-state index is 2.44. The summed E-state index contributed by atoms with van der Waals surface area (Å²) in [6.45, 7) is 9.77. The van der Waals surface area contributed by atoms with E-state index < -0.39 is 0 Å². The monoisotopic (exact) mass is 248 g/mol. The fourth-order valence-electron chi connectivity index (χ4n) is 5.54. The SMILES string of the molecule is CC(C)C1CC2CC3CC(C(C)C)CC3CC2C1. The molecule has 4 unspecified atom stereocenters. The molecule has 3 aliphatic carbocycles. The Labute approximate surface area is 114 Å². The number of rotatable bonds is 2. The van der Waals surface area contributed by atoms with Crippen LogP contribution in [0.4, 0.5) is 0 Å². The zero-order valence-electron chi connectivity index (χ0n) is 12.9. The highest BCUT2D eigenvalue weighted by Gasteiger charge is 2.46. The van der Waals surface area contributed by atoms with Crippen LogP contribution in [0.1, 0.15) is 66.2 Å². The van der Waals surface area contributed by atoms with Crippen LogP contribution in [-0.2, 0) is 0 Å². The second-order valence-electron chi connectivity index (χ2n) is 8.46. The molecule has 0 aromatic rings. The highest BCUT2D eigenvalue weighted by Crippen LogP contribution is 2.56. The van der Waals surface area contributed by atoms with Gasteiger partial charge in [-0.15, -0.1) is 0 Å². The summed E-state index contributed by atoms with van der Waals surface area (Å²) in [5.41, 5.74) is 0. The van der Waals surface area contributed by atoms with Gasteiger partial charge < -0.3 is 0 Å². The Hall–Kier alpha value is 0. The largest absolute Gasteiger partial charge is 0.0625 e. The summed E-state index contributed by atoms with van der Waals surface area (Å²) >= 11 is 0. The van der Waals surface area contributed by atoms with Crippen LogP contribution in [0.5, 0.6) is 0 Å². The van der Waals surface area contributed by atoms with Crippen LogP contribution in [0, 0.1) is 47.3 Å². The maximum atomic E-state index is 2.44. The first-order valence-corrected chi connectivity index (χ1v) is 8.54. The van der Waals surface area contributed by atoms with E-state index in [1.807, 2.05) is 0 Å². The zero-order valence-corrected chi connectivity index (χ0v) is 12.9. The van der Waals surface area contributed by atoms with Crippen LogP contribution < -0.4 is 0 Å². The van der Waals surface area contributed by atoms with Crippen molar-refractivity contribution < 1.29 is 0 Å². The van der Waals surface area contributed by atoms with Gasteiger partial charge in [0.25, 0.3) is 0 Å². The highest BCUT2D eigenvalue weighted by molar-refractivity contribution is 4.97. The highest BCUT2D eigenvalue weighted by atomic mass is 14.5. The smallest absolute Gasteiger partial charge is 0.0380 e. The minimum absolute atomic E-state index is 0.929. The Morgan fingerprint density at radius 3 is 1.00 bits per heavy atom. The lowest BCUT2D eigenvalue weighted by atomic mass is 9.71. The third-order valence-electron chi connectivity index (χ3n) is 6.85. The molecule has 0 aromatic carbocycles. The second-order valence-corrected chi connectivity index (χ2v) is 8.46. The first-order chi connectivity index (χ1) is 8.54. The summed E-state index contributed by atoms with van der Waals surface area (Å²) in [7, 11) is 0. The fraction of sp³-hybridized carbons (Fsp3) is 1.00. The van der Waals surface area contributed by atoms with Gasteiger partial charge in [-0.3, -0.25) is 0 Å². The van der Waals surface area contributed by atoms with Crippen molar-refractivity contribution in [1.82, 2.24) is 0 Å². The van der Waals surface area contributed by atoms with Crippen molar-refractivity contribution in [3.63, 3.8) is 0 Å². The van der Waals surface area contributed by atoms with E-state index in [-0.39, 0.29) is 0 Å². The standard InChI is InChI=1S/C18H32/c1-11(2)13-5-15-9-17-7-14(12(3)4)8-18(17)10-16(15)6-13/h11-18H,5-10H2,1-4H3. The van der Waals surface area contributed by atoms with Crippen molar-refractivity contribution in [1.29, 1.82) is 0 Å². The molecule has 0 heterocycles. The first kappa shape index (κ1) is 13.0. The lowest BCUT2D eigenvalue weighted by Crippen LogP contribution is -2.25. The second kappa shape index (κ2) is 4.84. The predicted molar refractivity (Wildman–Crippen MR) is 78.3 cm³/mol. The maximum Gasteiger partial charge on any atom is -0.0380 e. The van der Waals surface area contributed by atoms with E-state index in [1.165, 1.54) is 0 Å². The third kappa shape index (κ3) is 2.25. The van der Waals surface area contributed by atoms with Crippen LogP contribution in [0.15, 0.2) is 0 Å². The lowest BCUT2D eigenvalue weighted by molar-refractivity contribution is 0.157. The van der Waals surface area contributed by atoms with Gasteiger partial charge in [-0.1, -0.05) is 27.7 Å². The van der Waals surface area contributed by atoms with Crippen LogP contribution in [0.3, 0.4) is 0 Å². The average molecular weight is 248 g/mol. The van der Waals surface area contributed by atoms with Gasteiger partial charge >= 0.3 is 0 Å². The number of fused-ring (bicyclic) bond motifs is 2. The Kier molecular flexibility index (Phi) is 3.49. The van der Waals surface area contributed by atoms with E-state index in [0.717, 1.165) is 47.3 Å². The molecule has 3 aliphatic rings. The fourth-order valence-corrected chi connectivity index (χ4v) is 5.54. The van der Waals surface area contributed by atoms with Gasteiger partial charge in [-0.25, -0.2) is 0 Å². The van der Waals surface area contributed by atoms with E-state index in [4.69, 9.17) is 0 Å². The summed E-state index contributed by atoms with van der Waals surface area (Å²) in [6.07, 6.45) is 9.47. The van der Waals surface area contributed by atoms with Crippen LogP contribution in [0.2, 0.25) is 0 Å². The van der Waals surface area contributed by atoms with Crippen molar-refractivity contribution >= 4 is 0 Å². The van der Waals surface area contributed by atoms with E-state index in [0.29, 0.717) is 0 Å². The lowest BCUT2D eigenvalue weighted by Gasteiger charge is -2.34. The van der Waals surface area contributed by atoms with Crippen molar-refractivity contribution in [2.24, 2.45) is 47.3 Å². The molecular formula is C18H32. The minimum atomic E-state index is 0.929. The molecule has 0 aromatic heterocycles.